The molecule has 0 bridgehead atoms. The molecule has 0 aromatic heterocycles. The van der Waals surface area contributed by atoms with E-state index in [9.17, 15) is 0 Å². The van der Waals surface area contributed by atoms with Gasteiger partial charge in [0.05, 0.1) is 0 Å². The third kappa shape index (κ3) is 3.67. The highest BCUT2D eigenvalue weighted by molar-refractivity contribution is 5.14. The third-order valence-electron chi connectivity index (χ3n) is 3.44. The van der Waals surface area contributed by atoms with E-state index >= 15 is 0 Å². The average molecular weight is 205 g/mol. The molecule has 0 unspecified atom stereocenters. The van der Waals surface area contributed by atoms with Crippen LogP contribution in [0.2, 0.25) is 0 Å². The SMILES string of the molecule is CC[C@H](C)[C@H](C)N(C)Cc1ccccc1. The van der Waals surface area contributed by atoms with E-state index < -0.39 is 0 Å². The molecule has 0 aliphatic carbocycles. The van der Waals surface area contributed by atoms with Crippen LogP contribution in [-0.4, -0.2) is 18.0 Å². The van der Waals surface area contributed by atoms with Crippen molar-refractivity contribution in [2.45, 2.75) is 39.8 Å². The first-order valence-electron chi connectivity index (χ1n) is 5.89. The largest absolute Gasteiger partial charge is 0.299 e. The second-order valence-electron chi connectivity index (χ2n) is 4.53. The number of hydrogen-bond acceptors (Lipinski definition) is 1. The zero-order valence-electron chi connectivity index (χ0n) is 10.4. The van der Waals surface area contributed by atoms with Gasteiger partial charge in [0.2, 0.25) is 0 Å². The summed E-state index contributed by atoms with van der Waals surface area (Å²) in [7, 11) is 2.21. The van der Waals surface area contributed by atoms with Crippen LogP contribution in [-0.2, 0) is 6.54 Å². The van der Waals surface area contributed by atoms with Gasteiger partial charge in [0.1, 0.15) is 0 Å². The van der Waals surface area contributed by atoms with Gasteiger partial charge in [-0.25, -0.2) is 0 Å². The Hall–Kier alpha value is -0.820. The van der Waals surface area contributed by atoms with E-state index in [-0.39, 0.29) is 0 Å². The Balaban J connectivity index is 2.52. The minimum atomic E-state index is 0.648. The fraction of sp³-hybridized carbons (Fsp3) is 0.571. The summed E-state index contributed by atoms with van der Waals surface area (Å²) >= 11 is 0. The summed E-state index contributed by atoms with van der Waals surface area (Å²) in [5, 5.41) is 0. The van der Waals surface area contributed by atoms with Crippen LogP contribution in [0.5, 0.6) is 0 Å². The summed E-state index contributed by atoms with van der Waals surface area (Å²) in [6, 6.07) is 11.3. The van der Waals surface area contributed by atoms with Crippen molar-refractivity contribution in [3.05, 3.63) is 35.9 Å². The molecule has 1 aromatic carbocycles. The van der Waals surface area contributed by atoms with Gasteiger partial charge in [-0.15, -0.1) is 0 Å². The topological polar surface area (TPSA) is 3.24 Å². The van der Waals surface area contributed by atoms with Crippen molar-refractivity contribution >= 4 is 0 Å². The highest BCUT2D eigenvalue weighted by Crippen LogP contribution is 2.15. The molecule has 15 heavy (non-hydrogen) atoms. The predicted molar refractivity (Wildman–Crippen MR) is 66.8 cm³/mol. The summed E-state index contributed by atoms with van der Waals surface area (Å²) < 4.78 is 0. The first-order chi connectivity index (χ1) is 7.15. The number of benzene rings is 1. The molecule has 0 radical (unpaired) electrons. The summed E-state index contributed by atoms with van der Waals surface area (Å²) in [6.07, 6.45) is 1.25. The fourth-order valence-corrected chi connectivity index (χ4v) is 1.79. The molecule has 0 fully saturated rings. The molecule has 0 saturated heterocycles. The predicted octanol–water partition coefficient (Wildman–Crippen LogP) is 3.55. The van der Waals surface area contributed by atoms with Gasteiger partial charge in [0, 0.05) is 12.6 Å². The Morgan fingerprint density at radius 1 is 1.13 bits per heavy atom. The van der Waals surface area contributed by atoms with Gasteiger partial charge < -0.3 is 0 Å². The maximum Gasteiger partial charge on any atom is 0.0233 e. The van der Waals surface area contributed by atoms with Crippen LogP contribution in [0.3, 0.4) is 0 Å². The Morgan fingerprint density at radius 3 is 2.27 bits per heavy atom. The molecule has 1 heteroatoms. The first-order valence-corrected chi connectivity index (χ1v) is 5.89. The van der Waals surface area contributed by atoms with Crippen molar-refractivity contribution in [2.24, 2.45) is 5.92 Å². The molecular formula is C14H23N. The van der Waals surface area contributed by atoms with Crippen molar-refractivity contribution in [3.63, 3.8) is 0 Å². The lowest BCUT2D eigenvalue weighted by Gasteiger charge is -2.29. The van der Waals surface area contributed by atoms with Gasteiger partial charge in [0.15, 0.2) is 0 Å². The lowest BCUT2D eigenvalue weighted by atomic mass is 9.99. The molecule has 2 atom stereocenters. The van der Waals surface area contributed by atoms with Gasteiger partial charge in [-0.3, -0.25) is 4.90 Å². The summed E-state index contributed by atoms with van der Waals surface area (Å²) in [6.45, 7) is 7.95. The van der Waals surface area contributed by atoms with Crippen LogP contribution in [0.15, 0.2) is 30.3 Å². The van der Waals surface area contributed by atoms with Crippen molar-refractivity contribution in [1.29, 1.82) is 0 Å². The highest BCUT2D eigenvalue weighted by atomic mass is 15.1. The molecule has 0 aliphatic heterocycles. The van der Waals surface area contributed by atoms with Crippen LogP contribution in [0, 0.1) is 5.92 Å². The molecule has 0 aliphatic rings. The molecule has 0 saturated carbocycles. The maximum atomic E-state index is 2.43. The lowest BCUT2D eigenvalue weighted by Crippen LogP contribution is -2.33. The van der Waals surface area contributed by atoms with E-state index in [1.807, 2.05) is 0 Å². The van der Waals surface area contributed by atoms with E-state index in [1.165, 1.54) is 12.0 Å². The summed E-state index contributed by atoms with van der Waals surface area (Å²) in [4.78, 5) is 2.43. The zero-order valence-corrected chi connectivity index (χ0v) is 10.4. The smallest absolute Gasteiger partial charge is 0.0233 e. The van der Waals surface area contributed by atoms with E-state index in [0.717, 1.165) is 12.5 Å². The van der Waals surface area contributed by atoms with Crippen LogP contribution >= 0.6 is 0 Å². The minimum absolute atomic E-state index is 0.648. The Bertz CT molecular complexity index is 268. The molecule has 0 heterocycles. The fourth-order valence-electron chi connectivity index (χ4n) is 1.79. The Labute approximate surface area is 94.1 Å². The molecule has 0 spiro atoms. The lowest BCUT2D eigenvalue weighted by molar-refractivity contribution is 0.188. The van der Waals surface area contributed by atoms with E-state index in [1.54, 1.807) is 0 Å². The first kappa shape index (κ1) is 12.3. The Kier molecular flexibility index (Phi) is 4.83. The van der Waals surface area contributed by atoms with E-state index in [0.29, 0.717) is 6.04 Å². The molecule has 1 rings (SSSR count). The highest BCUT2D eigenvalue weighted by Gasteiger charge is 2.15. The average Bonchev–Trinajstić information content (AvgIpc) is 2.28. The van der Waals surface area contributed by atoms with Gasteiger partial charge in [0.25, 0.3) is 0 Å². The third-order valence-corrected chi connectivity index (χ3v) is 3.44. The van der Waals surface area contributed by atoms with Crippen molar-refractivity contribution in [1.82, 2.24) is 4.90 Å². The molecule has 1 aromatic rings. The number of rotatable bonds is 5. The molecule has 0 amide bonds. The van der Waals surface area contributed by atoms with Crippen molar-refractivity contribution in [3.8, 4) is 0 Å². The molecule has 1 nitrogen and oxygen atoms in total. The summed E-state index contributed by atoms with van der Waals surface area (Å²) in [5.41, 5.74) is 1.40. The van der Waals surface area contributed by atoms with Gasteiger partial charge >= 0.3 is 0 Å². The van der Waals surface area contributed by atoms with Gasteiger partial charge in [-0.1, -0.05) is 50.6 Å². The monoisotopic (exact) mass is 205 g/mol. The van der Waals surface area contributed by atoms with E-state index in [4.69, 9.17) is 0 Å². The minimum Gasteiger partial charge on any atom is -0.299 e. The normalized spacial score (nSPS) is 15.3. The second kappa shape index (κ2) is 5.92. The van der Waals surface area contributed by atoms with Gasteiger partial charge in [-0.2, -0.15) is 0 Å². The summed E-state index contributed by atoms with van der Waals surface area (Å²) in [5.74, 6) is 0.763. The molecular weight excluding hydrogens is 182 g/mol. The van der Waals surface area contributed by atoms with Crippen molar-refractivity contribution < 1.29 is 0 Å². The van der Waals surface area contributed by atoms with Crippen LogP contribution in [0.1, 0.15) is 32.8 Å². The molecule has 84 valence electrons. The van der Waals surface area contributed by atoms with Crippen LogP contribution in [0.25, 0.3) is 0 Å². The number of hydrogen-bond donors (Lipinski definition) is 0. The zero-order chi connectivity index (χ0) is 11.3. The van der Waals surface area contributed by atoms with Crippen LogP contribution in [0.4, 0.5) is 0 Å². The number of nitrogens with zero attached hydrogens (tertiary/aromatic N) is 1. The second-order valence-corrected chi connectivity index (χ2v) is 4.53. The maximum absolute atomic E-state index is 2.43. The Morgan fingerprint density at radius 2 is 1.73 bits per heavy atom. The molecule has 0 N–H and O–H groups in total. The quantitative estimate of drug-likeness (QED) is 0.710. The van der Waals surface area contributed by atoms with Crippen molar-refractivity contribution in [2.75, 3.05) is 7.05 Å². The standard InChI is InChI=1S/C14H23N/c1-5-12(2)13(3)15(4)11-14-9-7-6-8-10-14/h6-10,12-13H,5,11H2,1-4H3/t12-,13-/m0/s1. The van der Waals surface area contributed by atoms with E-state index in [2.05, 4.69) is 63.1 Å². The van der Waals surface area contributed by atoms with Gasteiger partial charge in [-0.05, 0) is 25.5 Å². The van der Waals surface area contributed by atoms with Crippen LogP contribution < -0.4 is 0 Å².